The predicted octanol–water partition coefficient (Wildman–Crippen LogP) is 4.47. The van der Waals surface area contributed by atoms with Crippen LogP contribution in [0.3, 0.4) is 0 Å². The molecule has 2 aromatic rings. The first kappa shape index (κ1) is 17.6. The molecule has 1 fully saturated rings. The molecule has 140 valence electrons. The van der Waals surface area contributed by atoms with E-state index in [-0.39, 0.29) is 23.3 Å². The smallest absolute Gasteiger partial charge is 0.335 e. The van der Waals surface area contributed by atoms with Gasteiger partial charge in [-0.25, -0.2) is 4.79 Å². The second kappa shape index (κ2) is 6.41. The third-order valence-electron chi connectivity index (χ3n) is 5.56. The number of carboxylic acids is 1. The van der Waals surface area contributed by atoms with Crippen LogP contribution in [0, 0.1) is 11.3 Å². The first-order valence-electron chi connectivity index (χ1n) is 9.38. The van der Waals surface area contributed by atoms with E-state index in [9.17, 15) is 14.7 Å². The van der Waals surface area contributed by atoms with Crippen molar-refractivity contribution in [2.45, 2.75) is 39.2 Å². The zero-order valence-corrected chi connectivity index (χ0v) is 15.6. The summed E-state index contributed by atoms with van der Waals surface area (Å²) in [7, 11) is 0. The van der Waals surface area contributed by atoms with Crippen molar-refractivity contribution < 1.29 is 14.7 Å². The van der Waals surface area contributed by atoms with Crippen LogP contribution in [0.15, 0.2) is 42.5 Å². The van der Waals surface area contributed by atoms with Crippen LogP contribution < -0.4 is 10.6 Å². The van der Waals surface area contributed by atoms with Crippen molar-refractivity contribution in [2.75, 3.05) is 10.6 Å². The van der Waals surface area contributed by atoms with Gasteiger partial charge in [0.15, 0.2) is 0 Å². The van der Waals surface area contributed by atoms with Gasteiger partial charge in [-0.15, -0.1) is 0 Å². The van der Waals surface area contributed by atoms with Gasteiger partial charge in [0.05, 0.1) is 11.6 Å². The molecular formula is C22H24N2O3. The minimum atomic E-state index is -0.911. The van der Waals surface area contributed by atoms with E-state index in [4.69, 9.17) is 0 Å². The molecule has 1 saturated carbocycles. The zero-order chi connectivity index (χ0) is 19.2. The number of hydrogen-bond donors (Lipinski definition) is 3. The topological polar surface area (TPSA) is 78.4 Å². The van der Waals surface area contributed by atoms with Crippen molar-refractivity contribution in [1.82, 2.24) is 0 Å². The Hall–Kier alpha value is -2.82. The van der Waals surface area contributed by atoms with Crippen molar-refractivity contribution in [3.8, 4) is 0 Å². The maximum Gasteiger partial charge on any atom is 0.335 e. The van der Waals surface area contributed by atoms with Crippen LogP contribution in [-0.4, -0.2) is 17.0 Å². The lowest BCUT2D eigenvalue weighted by Crippen LogP contribution is -2.35. The number of carboxylic acid groups (broad SMARTS) is 1. The van der Waals surface area contributed by atoms with Crippen molar-refractivity contribution in [3.05, 3.63) is 59.2 Å². The lowest BCUT2D eigenvalue weighted by Gasteiger charge is -2.42. The number of carbonyl (C=O) groups is 2. The molecule has 4 rings (SSSR count). The highest BCUT2D eigenvalue weighted by molar-refractivity contribution is 5.95. The van der Waals surface area contributed by atoms with Crippen LogP contribution in [0.2, 0.25) is 0 Å². The molecule has 2 aromatic carbocycles. The Morgan fingerprint density at radius 1 is 1.15 bits per heavy atom. The predicted molar refractivity (Wildman–Crippen MR) is 105 cm³/mol. The van der Waals surface area contributed by atoms with Gasteiger partial charge in [0.25, 0.3) is 0 Å². The van der Waals surface area contributed by atoms with Crippen LogP contribution in [0.5, 0.6) is 0 Å². The van der Waals surface area contributed by atoms with Gasteiger partial charge >= 0.3 is 5.97 Å². The Morgan fingerprint density at radius 3 is 2.59 bits per heavy atom. The van der Waals surface area contributed by atoms with E-state index in [1.54, 1.807) is 12.1 Å². The second-order valence-corrected chi connectivity index (χ2v) is 8.27. The number of carbonyl (C=O) groups excluding carboxylic acids is 1. The number of amides is 1. The summed E-state index contributed by atoms with van der Waals surface area (Å²) in [6.45, 7) is 4.33. The zero-order valence-electron chi connectivity index (χ0n) is 15.6. The molecule has 5 heteroatoms. The lowest BCUT2D eigenvalue weighted by atomic mass is 9.72. The fraction of sp³-hybridized carbons (Fsp3) is 0.364. The largest absolute Gasteiger partial charge is 0.478 e. The van der Waals surface area contributed by atoms with Gasteiger partial charge in [0.2, 0.25) is 5.91 Å². The molecule has 1 aliphatic heterocycles. The molecule has 1 aliphatic carbocycles. The summed E-state index contributed by atoms with van der Waals surface area (Å²) >= 11 is 0. The summed E-state index contributed by atoms with van der Waals surface area (Å²) in [6.07, 6.45) is 2.70. The molecule has 1 heterocycles. The average Bonchev–Trinajstić information content (AvgIpc) is 3.45. The average molecular weight is 364 g/mol. The Bertz CT molecular complexity index is 916. The molecule has 27 heavy (non-hydrogen) atoms. The van der Waals surface area contributed by atoms with Gasteiger partial charge in [-0.05, 0) is 60.1 Å². The fourth-order valence-electron chi connectivity index (χ4n) is 3.90. The number of hydrogen-bond acceptors (Lipinski definition) is 3. The summed E-state index contributed by atoms with van der Waals surface area (Å²) in [5.41, 5.74) is 4.03. The van der Waals surface area contributed by atoms with Gasteiger partial charge in [-0.3, -0.25) is 4.79 Å². The Labute approximate surface area is 158 Å². The monoisotopic (exact) mass is 364 g/mol. The first-order chi connectivity index (χ1) is 12.8. The van der Waals surface area contributed by atoms with Gasteiger partial charge in [0.1, 0.15) is 0 Å². The van der Waals surface area contributed by atoms with Crippen LogP contribution >= 0.6 is 0 Å². The molecular weight excluding hydrogens is 340 g/mol. The van der Waals surface area contributed by atoms with Crippen LogP contribution in [-0.2, 0) is 11.2 Å². The summed E-state index contributed by atoms with van der Waals surface area (Å²) in [5, 5.41) is 15.9. The molecule has 0 radical (unpaired) electrons. The summed E-state index contributed by atoms with van der Waals surface area (Å²) in [5.74, 6) is -0.658. The Balaban J connectivity index is 1.68. The van der Waals surface area contributed by atoms with Gasteiger partial charge in [-0.2, -0.15) is 0 Å². The van der Waals surface area contributed by atoms with E-state index < -0.39 is 5.97 Å². The molecule has 0 bridgehead atoms. The maximum atomic E-state index is 12.3. The number of rotatable bonds is 4. The van der Waals surface area contributed by atoms with Crippen LogP contribution in [0.25, 0.3) is 0 Å². The van der Waals surface area contributed by atoms with Gasteiger partial charge in [-0.1, -0.05) is 32.0 Å². The molecule has 1 atom stereocenters. The van der Waals surface area contributed by atoms with E-state index in [2.05, 4.69) is 30.5 Å². The van der Waals surface area contributed by atoms with Gasteiger partial charge < -0.3 is 15.7 Å². The summed E-state index contributed by atoms with van der Waals surface area (Å²) in [4.78, 5) is 23.6. The summed E-state index contributed by atoms with van der Waals surface area (Å²) in [6, 6.07) is 13.2. The molecule has 0 saturated heterocycles. The van der Waals surface area contributed by atoms with Crippen LogP contribution in [0.4, 0.5) is 11.4 Å². The highest BCUT2D eigenvalue weighted by Gasteiger charge is 2.38. The number of fused-ring (bicyclic) bond motifs is 1. The van der Waals surface area contributed by atoms with E-state index in [1.807, 2.05) is 24.3 Å². The molecule has 0 aromatic heterocycles. The van der Waals surface area contributed by atoms with E-state index >= 15 is 0 Å². The lowest BCUT2D eigenvalue weighted by molar-refractivity contribution is -0.117. The third kappa shape index (κ3) is 3.42. The highest BCUT2D eigenvalue weighted by atomic mass is 16.4. The minimum Gasteiger partial charge on any atom is -0.478 e. The third-order valence-corrected chi connectivity index (χ3v) is 5.56. The molecule has 1 amide bonds. The molecule has 5 nitrogen and oxygen atoms in total. The number of anilines is 2. The number of benzene rings is 2. The molecule has 3 N–H and O–H groups in total. The fourth-order valence-corrected chi connectivity index (χ4v) is 3.90. The SMILES string of the molecule is CC1(C)Cc2cc(C(=O)O)ccc2NC1c1ccccc1NC(=O)C1CC1. The quantitative estimate of drug-likeness (QED) is 0.748. The minimum absolute atomic E-state index is 0.0105. The summed E-state index contributed by atoms with van der Waals surface area (Å²) < 4.78 is 0. The van der Waals surface area contributed by atoms with Crippen molar-refractivity contribution in [3.63, 3.8) is 0 Å². The van der Waals surface area contributed by atoms with E-state index in [1.165, 1.54) is 0 Å². The number of aromatic carboxylic acids is 1. The van der Waals surface area contributed by atoms with Crippen molar-refractivity contribution in [1.29, 1.82) is 0 Å². The second-order valence-electron chi connectivity index (χ2n) is 8.27. The Kier molecular flexibility index (Phi) is 4.17. The van der Waals surface area contributed by atoms with Crippen molar-refractivity contribution in [2.24, 2.45) is 11.3 Å². The highest BCUT2D eigenvalue weighted by Crippen LogP contribution is 2.47. The first-order valence-corrected chi connectivity index (χ1v) is 9.38. The normalized spacial score (nSPS) is 20.3. The molecule has 0 spiro atoms. The van der Waals surface area contributed by atoms with Crippen LogP contribution in [0.1, 0.15) is 54.2 Å². The number of nitrogens with one attached hydrogen (secondary N) is 2. The van der Waals surface area contributed by atoms with E-state index in [0.717, 1.165) is 41.8 Å². The molecule has 1 unspecified atom stereocenters. The van der Waals surface area contributed by atoms with Crippen molar-refractivity contribution >= 4 is 23.3 Å². The number of para-hydroxylation sites is 1. The Morgan fingerprint density at radius 2 is 1.89 bits per heavy atom. The van der Waals surface area contributed by atoms with E-state index in [0.29, 0.717) is 5.56 Å². The standard InChI is InChI=1S/C22H24N2O3/c1-22(2)12-15-11-14(21(26)27)9-10-17(15)23-19(22)16-5-3-4-6-18(16)24-20(25)13-7-8-13/h3-6,9-11,13,19,23H,7-8,12H2,1-2H3,(H,24,25)(H,26,27). The van der Waals surface area contributed by atoms with Gasteiger partial charge in [0, 0.05) is 17.3 Å². The molecule has 2 aliphatic rings. The maximum absolute atomic E-state index is 12.3.